The number of benzene rings is 1. The van der Waals surface area contributed by atoms with Gasteiger partial charge < -0.3 is 15.4 Å². The van der Waals surface area contributed by atoms with Gasteiger partial charge >= 0.3 is 0 Å². The van der Waals surface area contributed by atoms with E-state index < -0.39 is 6.10 Å². The summed E-state index contributed by atoms with van der Waals surface area (Å²) in [6.07, 6.45) is 2.18. The fraction of sp³-hybridized carbons (Fsp3) is 0.562. The topological polar surface area (TPSA) is 55.6 Å². The van der Waals surface area contributed by atoms with Crippen LogP contribution in [0.4, 0.5) is 0 Å². The third kappa shape index (κ3) is 3.50. The molecule has 0 saturated carbocycles. The molecule has 0 radical (unpaired) electrons. The zero-order valence-electron chi connectivity index (χ0n) is 12.6. The second-order valence-corrected chi connectivity index (χ2v) is 6.52. The van der Waals surface area contributed by atoms with E-state index >= 15 is 0 Å². The Hall–Kier alpha value is -0.970. The Morgan fingerprint density at radius 1 is 1.41 bits per heavy atom. The zero-order valence-corrected chi connectivity index (χ0v) is 14.2. The molecule has 1 aromatic rings. The third-order valence-corrected chi connectivity index (χ3v) is 4.80. The van der Waals surface area contributed by atoms with Crippen molar-refractivity contribution in [2.75, 3.05) is 13.1 Å². The Morgan fingerprint density at radius 2 is 2.09 bits per heavy atom. The van der Waals surface area contributed by atoms with Crippen molar-refractivity contribution in [3.8, 4) is 5.75 Å². The SMILES string of the molecule is CC(N)C1CCN(C(=O)C2Cc3cc(Cl)ccc3O2)CC1.Cl. The highest BCUT2D eigenvalue weighted by Crippen LogP contribution is 2.32. The lowest BCUT2D eigenvalue weighted by molar-refractivity contribution is -0.139. The van der Waals surface area contributed by atoms with E-state index in [0.717, 1.165) is 37.2 Å². The number of likely N-dealkylation sites (tertiary alicyclic amines) is 1. The van der Waals surface area contributed by atoms with Gasteiger partial charge in [-0.15, -0.1) is 12.4 Å². The lowest BCUT2D eigenvalue weighted by Gasteiger charge is -2.34. The Balaban J connectivity index is 0.00000176. The molecule has 3 rings (SSSR count). The molecule has 22 heavy (non-hydrogen) atoms. The van der Waals surface area contributed by atoms with Crippen LogP contribution in [0.3, 0.4) is 0 Å². The molecular formula is C16H22Cl2N2O2. The van der Waals surface area contributed by atoms with Crippen LogP contribution in [0.1, 0.15) is 25.3 Å². The van der Waals surface area contributed by atoms with Crippen molar-refractivity contribution < 1.29 is 9.53 Å². The Kier molecular flexibility index (Phi) is 5.59. The van der Waals surface area contributed by atoms with Crippen molar-refractivity contribution in [1.82, 2.24) is 4.90 Å². The molecule has 2 aliphatic heterocycles. The van der Waals surface area contributed by atoms with E-state index in [-0.39, 0.29) is 24.4 Å². The summed E-state index contributed by atoms with van der Waals surface area (Å²) in [6.45, 7) is 3.60. The van der Waals surface area contributed by atoms with Gasteiger partial charge in [-0.3, -0.25) is 4.79 Å². The van der Waals surface area contributed by atoms with Gasteiger partial charge in [-0.25, -0.2) is 0 Å². The number of nitrogens with zero attached hydrogens (tertiary/aromatic N) is 1. The highest BCUT2D eigenvalue weighted by atomic mass is 35.5. The average molecular weight is 345 g/mol. The van der Waals surface area contributed by atoms with Crippen LogP contribution in [0, 0.1) is 5.92 Å². The fourth-order valence-electron chi connectivity index (χ4n) is 3.20. The predicted molar refractivity (Wildman–Crippen MR) is 89.8 cm³/mol. The maximum Gasteiger partial charge on any atom is 0.263 e. The highest BCUT2D eigenvalue weighted by Gasteiger charge is 2.34. The number of rotatable bonds is 2. The first-order valence-electron chi connectivity index (χ1n) is 7.54. The fourth-order valence-corrected chi connectivity index (χ4v) is 3.40. The van der Waals surface area contributed by atoms with E-state index in [1.54, 1.807) is 6.07 Å². The largest absolute Gasteiger partial charge is 0.480 e. The van der Waals surface area contributed by atoms with E-state index in [1.165, 1.54) is 0 Å². The van der Waals surface area contributed by atoms with E-state index in [9.17, 15) is 4.79 Å². The van der Waals surface area contributed by atoms with Gasteiger partial charge in [0.1, 0.15) is 5.75 Å². The third-order valence-electron chi connectivity index (χ3n) is 4.57. The molecule has 0 aliphatic carbocycles. The van der Waals surface area contributed by atoms with Gasteiger partial charge in [0.15, 0.2) is 6.10 Å². The van der Waals surface area contributed by atoms with Crippen LogP contribution in [0.25, 0.3) is 0 Å². The first kappa shape index (κ1) is 17.4. The first-order chi connectivity index (χ1) is 10.0. The normalized spacial score (nSPS) is 22.5. The zero-order chi connectivity index (χ0) is 15.0. The molecule has 122 valence electrons. The molecule has 2 aliphatic rings. The lowest BCUT2D eigenvalue weighted by atomic mass is 9.90. The smallest absolute Gasteiger partial charge is 0.263 e. The van der Waals surface area contributed by atoms with Crippen LogP contribution >= 0.6 is 24.0 Å². The van der Waals surface area contributed by atoms with Gasteiger partial charge in [0.2, 0.25) is 0 Å². The summed E-state index contributed by atoms with van der Waals surface area (Å²) >= 11 is 5.98. The molecule has 6 heteroatoms. The van der Waals surface area contributed by atoms with Crippen LogP contribution in [0.5, 0.6) is 5.75 Å². The summed E-state index contributed by atoms with van der Waals surface area (Å²) in [5, 5.41) is 0.684. The standard InChI is InChI=1S/C16H21ClN2O2.ClH/c1-10(18)11-4-6-19(7-5-11)16(20)15-9-12-8-13(17)2-3-14(12)21-15;/h2-3,8,10-11,15H,4-7,9,18H2,1H3;1H. The highest BCUT2D eigenvalue weighted by molar-refractivity contribution is 6.30. The van der Waals surface area contributed by atoms with E-state index in [2.05, 4.69) is 0 Å². The number of ether oxygens (including phenoxy) is 1. The molecule has 2 N–H and O–H groups in total. The van der Waals surface area contributed by atoms with Gasteiger partial charge in [-0.05, 0) is 49.4 Å². The van der Waals surface area contributed by atoms with Crippen molar-refractivity contribution in [2.24, 2.45) is 11.7 Å². The Morgan fingerprint density at radius 3 is 2.73 bits per heavy atom. The van der Waals surface area contributed by atoms with Crippen molar-refractivity contribution in [3.05, 3.63) is 28.8 Å². The van der Waals surface area contributed by atoms with Crippen LogP contribution in [-0.2, 0) is 11.2 Å². The Bertz CT molecular complexity index is 543. The summed E-state index contributed by atoms with van der Waals surface area (Å²) in [4.78, 5) is 14.5. The van der Waals surface area contributed by atoms with Crippen molar-refractivity contribution >= 4 is 29.9 Å². The van der Waals surface area contributed by atoms with Crippen LogP contribution in [0.15, 0.2) is 18.2 Å². The molecule has 2 unspecified atom stereocenters. The minimum atomic E-state index is -0.398. The minimum Gasteiger partial charge on any atom is -0.480 e. The number of piperidine rings is 1. The molecule has 1 aromatic carbocycles. The molecule has 4 nitrogen and oxygen atoms in total. The molecule has 0 aromatic heterocycles. The van der Waals surface area contributed by atoms with Crippen LogP contribution in [0.2, 0.25) is 5.02 Å². The molecular weight excluding hydrogens is 323 g/mol. The number of fused-ring (bicyclic) bond motifs is 1. The minimum absolute atomic E-state index is 0. The molecule has 0 bridgehead atoms. The summed E-state index contributed by atoms with van der Waals surface area (Å²) < 4.78 is 5.78. The number of hydrogen-bond acceptors (Lipinski definition) is 3. The molecule has 2 atom stereocenters. The number of amides is 1. The van der Waals surface area contributed by atoms with Crippen molar-refractivity contribution in [2.45, 2.75) is 38.3 Å². The number of hydrogen-bond donors (Lipinski definition) is 1. The molecule has 1 saturated heterocycles. The van der Waals surface area contributed by atoms with Gasteiger partial charge in [0, 0.05) is 30.6 Å². The molecule has 2 heterocycles. The molecule has 1 fully saturated rings. The van der Waals surface area contributed by atoms with Crippen molar-refractivity contribution in [1.29, 1.82) is 0 Å². The summed E-state index contributed by atoms with van der Waals surface area (Å²) in [5.74, 6) is 1.39. The van der Waals surface area contributed by atoms with Crippen LogP contribution in [-0.4, -0.2) is 36.0 Å². The first-order valence-corrected chi connectivity index (χ1v) is 7.92. The van der Waals surface area contributed by atoms with Crippen molar-refractivity contribution in [3.63, 3.8) is 0 Å². The quantitative estimate of drug-likeness (QED) is 0.897. The number of carbonyl (C=O) groups excluding carboxylic acids is 1. The average Bonchev–Trinajstić information content (AvgIpc) is 2.89. The second kappa shape index (κ2) is 7.07. The second-order valence-electron chi connectivity index (χ2n) is 6.08. The van der Waals surface area contributed by atoms with Gasteiger partial charge in [-0.1, -0.05) is 11.6 Å². The lowest BCUT2D eigenvalue weighted by Crippen LogP contribution is -2.47. The molecule has 1 amide bonds. The van der Waals surface area contributed by atoms with E-state index in [1.807, 2.05) is 24.0 Å². The van der Waals surface area contributed by atoms with Crippen LogP contribution < -0.4 is 10.5 Å². The number of halogens is 2. The van der Waals surface area contributed by atoms with Gasteiger partial charge in [0.25, 0.3) is 5.91 Å². The number of carbonyl (C=O) groups is 1. The monoisotopic (exact) mass is 344 g/mol. The van der Waals surface area contributed by atoms with E-state index in [0.29, 0.717) is 17.4 Å². The van der Waals surface area contributed by atoms with E-state index in [4.69, 9.17) is 22.1 Å². The molecule has 0 spiro atoms. The summed E-state index contributed by atoms with van der Waals surface area (Å²) in [5.41, 5.74) is 6.96. The Labute approximate surface area is 142 Å². The maximum atomic E-state index is 12.6. The maximum absolute atomic E-state index is 12.6. The number of nitrogens with two attached hydrogens (primary N) is 1. The van der Waals surface area contributed by atoms with Gasteiger partial charge in [-0.2, -0.15) is 0 Å². The predicted octanol–water partition coefficient (Wildman–Crippen LogP) is 2.65. The summed E-state index contributed by atoms with van der Waals surface area (Å²) in [6, 6.07) is 5.72. The van der Waals surface area contributed by atoms with Gasteiger partial charge in [0.05, 0.1) is 0 Å². The summed E-state index contributed by atoms with van der Waals surface area (Å²) in [7, 11) is 0.